The highest BCUT2D eigenvalue weighted by Gasteiger charge is 2.26. The number of hydrogen-bond acceptors (Lipinski definition) is 4. The van der Waals surface area contributed by atoms with Gasteiger partial charge in [0.15, 0.2) is 0 Å². The molecule has 0 fully saturated rings. The van der Waals surface area contributed by atoms with Gasteiger partial charge in [-0.3, -0.25) is 0 Å². The minimum atomic E-state index is -0.402. The first-order valence-corrected chi connectivity index (χ1v) is 10.1. The van der Waals surface area contributed by atoms with Crippen molar-refractivity contribution in [2.45, 2.75) is 6.92 Å². The van der Waals surface area contributed by atoms with E-state index in [-0.39, 0.29) is 6.61 Å². The molecule has 0 bridgehead atoms. The molecule has 31 heavy (non-hydrogen) atoms. The number of ether oxygens (including phenoxy) is 2. The fourth-order valence-electron chi connectivity index (χ4n) is 3.45. The molecule has 0 atom stereocenters. The van der Waals surface area contributed by atoms with Gasteiger partial charge in [0, 0.05) is 17.7 Å². The fourth-order valence-corrected chi connectivity index (χ4v) is 3.45. The Morgan fingerprint density at radius 2 is 1.61 bits per heavy atom. The lowest BCUT2D eigenvalue weighted by Crippen LogP contribution is -2.42. The van der Waals surface area contributed by atoms with E-state index in [0.29, 0.717) is 11.5 Å². The van der Waals surface area contributed by atoms with Gasteiger partial charge >= 0.3 is 11.8 Å². The molecular weight excluding hydrogens is 388 g/mol. The monoisotopic (exact) mass is 411 g/mol. The van der Waals surface area contributed by atoms with Crippen molar-refractivity contribution in [3.8, 4) is 34.0 Å². The Balaban J connectivity index is 2.03. The topological polar surface area (TPSA) is 52.3 Å². The highest BCUT2D eigenvalue weighted by atomic mass is 16.5. The lowest BCUT2D eigenvalue weighted by Gasteiger charge is -2.14. The summed E-state index contributed by atoms with van der Waals surface area (Å²) in [7, 11) is 1.64. The average Bonchev–Trinajstić information content (AvgIpc) is 2.84. The van der Waals surface area contributed by atoms with Gasteiger partial charge in [0.05, 0.1) is 13.7 Å². The van der Waals surface area contributed by atoms with Gasteiger partial charge in [0.1, 0.15) is 17.6 Å². The number of benzene rings is 2. The van der Waals surface area contributed by atoms with Crippen LogP contribution in [0.1, 0.15) is 17.4 Å². The second-order valence-electron chi connectivity index (χ2n) is 6.85. The summed E-state index contributed by atoms with van der Waals surface area (Å²) in [5.41, 5.74) is 4.09. The summed E-state index contributed by atoms with van der Waals surface area (Å²) in [6.07, 6.45) is 1.71. The van der Waals surface area contributed by atoms with Gasteiger partial charge in [-0.2, -0.15) is 4.57 Å². The smallest absolute Gasteiger partial charge is 0.378 e. The van der Waals surface area contributed by atoms with Crippen molar-refractivity contribution < 1.29 is 18.8 Å². The summed E-state index contributed by atoms with van der Waals surface area (Å²) in [4.78, 5) is 17.5. The van der Waals surface area contributed by atoms with E-state index in [4.69, 9.17) is 9.47 Å². The summed E-state index contributed by atoms with van der Waals surface area (Å²) in [5.74, 6) is 0.995. The molecule has 0 unspecified atom stereocenters. The van der Waals surface area contributed by atoms with Crippen molar-refractivity contribution in [1.29, 1.82) is 0 Å². The normalized spacial score (nSPS) is 10.5. The van der Waals surface area contributed by atoms with Crippen LogP contribution in [0.15, 0.2) is 91.1 Å². The van der Waals surface area contributed by atoms with Crippen LogP contribution in [0.4, 0.5) is 0 Å². The molecule has 154 valence electrons. The number of methoxy groups -OCH3 is 1. The Bertz CT molecular complexity index is 1170. The minimum Gasteiger partial charge on any atom is -0.497 e. The van der Waals surface area contributed by atoms with Crippen LogP contribution in [0, 0.1) is 0 Å². The fraction of sp³-hybridized carbons (Fsp3) is 0.115. The molecule has 5 heteroatoms. The lowest BCUT2D eigenvalue weighted by atomic mass is 10.0. The van der Waals surface area contributed by atoms with E-state index in [1.165, 1.54) is 0 Å². The van der Waals surface area contributed by atoms with E-state index in [0.717, 1.165) is 28.1 Å². The van der Waals surface area contributed by atoms with Crippen molar-refractivity contribution in [2.75, 3.05) is 13.7 Å². The Hall–Kier alpha value is -3.99. The predicted molar refractivity (Wildman–Crippen MR) is 119 cm³/mol. The largest absolute Gasteiger partial charge is 0.497 e. The number of aromatic nitrogens is 2. The van der Waals surface area contributed by atoms with E-state index >= 15 is 0 Å². The van der Waals surface area contributed by atoms with Crippen molar-refractivity contribution in [3.63, 3.8) is 0 Å². The summed E-state index contributed by atoms with van der Waals surface area (Å²) in [6, 6.07) is 27.2. The molecule has 0 radical (unpaired) electrons. The Morgan fingerprint density at radius 3 is 2.26 bits per heavy atom. The SMILES string of the molecule is CCOC(=O)c1cc(-c2ccccc2)cc(-c2ccc(OC)cc2)[n+]1-c1ccccn1. The molecule has 0 aliphatic heterocycles. The summed E-state index contributed by atoms with van der Waals surface area (Å²) >= 11 is 0. The van der Waals surface area contributed by atoms with Gasteiger partial charge < -0.3 is 9.47 Å². The van der Waals surface area contributed by atoms with Crippen LogP contribution in [-0.2, 0) is 4.74 Å². The molecule has 2 heterocycles. The minimum absolute atomic E-state index is 0.286. The van der Waals surface area contributed by atoms with Gasteiger partial charge in [-0.15, -0.1) is 0 Å². The Labute approximate surface area is 181 Å². The maximum absolute atomic E-state index is 13.0. The molecule has 0 saturated carbocycles. The second kappa shape index (κ2) is 9.22. The zero-order valence-electron chi connectivity index (χ0n) is 17.5. The van der Waals surface area contributed by atoms with Gasteiger partial charge in [0.25, 0.3) is 0 Å². The lowest BCUT2D eigenvalue weighted by molar-refractivity contribution is -0.591. The molecule has 4 rings (SSSR count). The van der Waals surface area contributed by atoms with Gasteiger partial charge in [0.2, 0.25) is 5.69 Å². The van der Waals surface area contributed by atoms with E-state index < -0.39 is 5.97 Å². The molecule has 5 nitrogen and oxygen atoms in total. The highest BCUT2D eigenvalue weighted by Crippen LogP contribution is 2.27. The number of carbonyl (C=O) groups excluding carboxylic acids is 1. The van der Waals surface area contributed by atoms with E-state index in [1.54, 1.807) is 20.2 Å². The van der Waals surface area contributed by atoms with E-state index in [9.17, 15) is 4.79 Å². The second-order valence-corrected chi connectivity index (χ2v) is 6.85. The Morgan fingerprint density at radius 1 is 0.871 bits per heavy atom. The van der Waals surface area contributed by atoms with Crippen molar-refractivity contribution in [1.82, 2.24) is 4.98 Å². The zero-order chi connectivity index (χ0) is 21.6. The van der Waals surface area contributed by atoms with Gasteiger partial charge in [-0.25, -0.2) is 4.79 Å². The quantitative estimate of drug-likeness (QED) is 0.335. The molecule has 0 spiro atoms. The van der Waals surface area contributed by atoms with Gasteiger partial charge in [-0.05, 0) is 59.4 Å². The van der Waals surface area contributed by atoms with Crippen LogP contribution < -0.4 is 9.30 Å². The molecule has 0 aliphatic rings. The van der Waals surface area contributed by atoms with E-state index in [2.05, 4.69) is 11.1 Å². The first-order chi connectivity index (χ1) is 15.2. The molecular formula is C26H23N2O3+. The number of nitrogens with zero attached hydrogens (tertiary/aromatic N) is 2. The molecule has 0 N–H and O–H groups in total. The summed E-state index contributed by atoms with van der Waals surface area (Å²) in [5, 5.41) is 0. The highest BCUT2D eigenvalue weighted by molar-refractivity contribution is 5.88. The zero-order valence-corrected chi connectivity index (χ0v) is 17.5. The molecule has 0 amide bonds. The third-order valence-electron chi connectivity index (χ3n) is 4.92. The van der Waals surface area contributed by atoms with Crippen LogP contribution in [0.25, 0.3) is 28.2 Å². The van der Waals surface area contributed by atoms with Crippen molar-refractivity contribution >= 4 is 5.97 Å². The number of esters is 1. The third kappa shape index (κ3) is 4.31. The summed E-state index contributed by atoms with van der Waals surface area (Å²) in [6.45, 7) is 2.09. The molecule has 2 aromatic carbocycles. The average molecular weight is 411 g/mol. The number of carbonyl (C=O) groups is 1. The standard InChI is InChI=1S/C26H23N2O3/c1-3-31-26(29)24-18-21(19-9-5-4-6-10-19)17-23(20-12-14-22(30-2)15-13-20)28(24)25-11-7-8-16-27-25/h4-18H,3H2,1-2H3/q+1. The summed E-state index contributed by atoms with van der Waals surface area (Å²) < 4.78 is 12.6. The first kappa shape index (κ1) is 20.3. The predicted octanol–water partition coefficient (Wildman–Crippen LogP) is 4.88. The maximum Gasteiger partial charge on any atom is 0.378 e. The number of rotatable bonds is 6. The maximum atomic E-state index is 13.0. The third-order valence-corrected chi connectivity index (χ3v) is 4.92. The molecule has 4 aromatic rings. The molecule has 0 aliphatic carbocycles. The van der Waals surface area contributed by atoms with Crippen LogP contribution in [0.3, 0.4) is 0 Å². The van der Waals surface area contributed by atoms with Crippen LogP contribution in [0.2, 0.25) is 0 Å². The molecule has 2 aromatic heterocycles. The van der Waals surface area contributed by atoms with Gasteiger partial charge in [-0.1, -0.05) is 36.4 Å². The van der Waals surface area contributed by atoms with Crippen molar-refractivity contribution in [2.24, 2.45) is 0 Å². The van der Waals surface area contributed by atoms with Crippen LogP contribution in [0.5, 0.6) is 5.75 Å². The van der Waals surface area contributed by atoms with Crippen LogP contribution in [-0.4, -0.2) is 24.7 Å². The number of pyridine rings is 2. The first-order valence-electron chi connectivity index (χ1n) is 10.1. The van der Waals surface area contributed by atoms with Crippen molar-refractivity contribution in [3.05, 3.63) is 96.8 Å². The number of hydrogen-bond donors (Lipinski definition) is 0. The van der Waals surface area contributed by atoms with E-state index in [1.807, 2.05) is 83.4 Å². The van der Waals surface area contributed by atoms with Crippen LogP contribution >= 0.6 is 0 Å². The Kier molecular flexibility index (Phi) is 6.03. The molecule has 0 saturated heterocycles.